The molecular formula is C27H29NO4. The molecule has 1 amide bonds. The number of ether oxygens (including phenoxy) is 1. The normalized spacial score (nSPS) is 20.5. The number of carbonyl (C=O) groups excluding carboxylic acids is 1. The van der Waals surface area contributed by atoms with Gasteiger partial charge in [-0.15, -0.1) is 0 Å². The Bertz CT molecular complexity index is 1250. The summed E-state index contributed by atoms with van der Waals surface area (Å²) in [6.45, 7) is 9.43. The van der Waals surface area contributed by atoms with E-state index >= 15 is 0 Å². The summed E-state index contributed by atoms with van der Waals surface area (Å²) in [5.41, 5.74) is 5.01. The zero-order valence-electron chi connectivity index (χ0n) is 19.1. The van der Waals surface area contributed by atoms with Crippen molar-refractivity contribution in [3.8, 4) is 0 Å². The number of benzene rings is 2. The van der Waals surface area contributed by atoms with Crippen molar-refractivity contribution in [3.63, 3.8) is 0 Å². The number of amides is 1. The van der Waals surface area contributed by atoms with E-state index in [4.69, 9.17) is 9.15 Å². The lowest BCUT2D eigenvalue weighted by atomic mass is 9.94. The average Bonchev–Trinajstić information content (AvgIpc) is 3.38. The van der Waals surface area contributed by atoms with E-state index in [0.29, 0.717) is 35.6 Å². The first-order valence-electron chi connectivity index (χ1n) is 11.5. The van der Waals surface area contributed by atoms with Crippen molar-refractivity contribution in [2.75, 3.05) is 13.2 Å². The second-order valence-electron chi connectivity index (χ2n) is 9.42. The third kappa shape index (κ3) is 3.36. The smallest absolute Gasteiger partial charge is 0.291 e. The van der Waals surface area contributed by atoms with E-state index in [1.54, 1.807) is 4.90 Å². The number of rotatable bonds is 4. The maximum atomic E-state index is 13.7. The van der Waals surface area contributed by atoms with Crippen LogP contribution in [0.5, 0.6) is 0 Å². The van der Waals surface area contributed by atoms with E-state index in [9.17, 15) is 9.59 Å². The fraction of sp³-hybridized carbons (Fsp3) is 0.407. The minimum Gasteiger partial charge on any atom is -0.450 e. The summed E-state index contributed by atoms with van der Waals surface area (Å²) >= 11 is 0. The van der Waals surface area contributed by atoms with Crippen LogP contribution in [0.2, 0.25) is 0 Å². The Labute approximate surface area is 188 Å². The molecule has 2 aliphatic rings. The minimum absolute atomic E-state index is 0.0142. The molecule has 2 aliphatic heterocycles. The highest BCUT2D eigenvalue weighted by atomic mass is 16.5. The molecule has 3 heterocycles. The van der Waals surface area contributed by atoms with Crippen LogP contribution in [0, 0.1) is 13.8 Å². The van der Waals surface area contributed by atoms with Crippen LogP contribution in [0.4, 0.5) is 0 Å². The van der Waals surface area contributed by atoms with E-state index < -0.39 is 6.04 Å². The van der Waals surface area contributed by atoms with Crippen molar-refractivity contribution in [2.45, 2.75) is 58.6 Å². The summed E-state index contributed by atoms with van der Waals surface area (Å²) in [4.78, 5) is 29.0. The average molecular weight is 432 g/mol. The van der Waals surface area contributed by atoms with Crippen LogP contribution < -0.4 is 5.43 Å². The Hall–Kier alpha value is -2.92. The standard InChI is InChI=1S/C27H29NO4/c1-15(2)18-7-9-19(10-8-18)24-23-25(29)21-12-16(3)17(4)13-22(21)32-26(23)27(30)28(24)14-20-6-5-11-31-20/h7-10,12-13,15,20,24H,5-6,11,14H2,1-4H3/t20-,24-/m0/s1. The molecule has 0 aliphatic carbocycles. The summed E-state index contributed by atoms with van der Waals surface area (Å²) in [5.74, 6) is 0.345. The van der Waals surface area contributed by atoms with Gasteiger partial charge >= 0.3 is 0 Å². The first kappa shape index (κ1) is 21.0. The zero-order valence-corrected chi connectivity index (χ0v) is 19.1. The Kier molecular flexibility index (Phi) is 5.17. The number of hydrogen-bond donors (Lipinski definition) is 0. The topological polar surface area (TPSA) is 59.8 Å². The van der Waals surface area contributed by atoms with Crippen LogP contribution in [0.15, 0.2) is 45.6 Å². The molecule has 5 nitrogen and oxygen atoms in total. The summed E-state index contributed by atoms with van der Waals surface area (Å²) in [7, 11) is 0. The molecule has 0 radical (unpaired) electrons. The predicted octanol–water partition coefficient (Wildman–Crippen LogP) is 5.26. The van der Waals surface area contributed by atoms with Gasteiger partial charge in [0.05, 0.1) is 23.1 Å². The molecule has 5 heteroatoms. The van der Waals surface area contributed by atoms with Crippen LogP contribution in [0.3, 0.4) is 0 Å². The first-order chi connectivity index (χ1) is 15.3. The number of hydrogen-bond acceptors (Lipinski definition) is 4. The van der Waals surface area contributed by atoms with E-state index in [0.717, 1.165) is 29.5 Å². The van der Waals surface area contributed by atoms with Crippen molar-refractivity contribution >= 4 is 16.9 Å². The molecule has 0 bridgehead atoms. The summed E-state index contributed by atoms with van der Waals surface area (Å²) in [6.07, 6.45) is 1.90. The van der Waals surface area contributed by atoms with Gasteiger partial charge in [-0.3, -0.25) is 9.59 Å². The van der Waals surface area contributed by atoms with Crippen LogP contribution in [-0.2, 0) is 4.74 Å². The van der Waals surface area contributed by atoms with Gasteiger partial charge in [0.2, 0.25) is 5.76 Å². The Balaban J connectivity index is 1.69. The highest BCUT2D eigenvalue weighted by Gasteiger charge is 2.43. The number of carbonyl (C=O) groups is 1. The molecule has 1 aromatic heterocycles. The monoisotopic (exact) mass is 431 g/mol. The lowest BCUT2D eigenvalue weighted by Gasteiger charge is -2.27. The fourth-order valence-electron chi connectivity index (χ4n) is 4.88. The van der Waals surface area contributed by atoms with E-state index in [1.165, 1.54) is 5.56 Å². The van der Waals surface area contributed by atoms with Crippen molar-refractivity contribution in [3.05, 3.63) is 80.2 Å². The second kappa shape index (κ2) is 7.89. The Morgan fingerprint density at radius 1 is 1.06 bits per heavy atom. The molecule has 1 saturated heterocycles. The van der Waals surface area contributed by atoms with Gasteiger partial charge in [0, 0.05) is 13.2 Å². The zero-order chi connectivity index (χ0) is 22.6. The molecule has 3 aromatic rings. The van der Waals surface area contributed by atoms with E-state index in [2.05, 4.69) is 26.0 Å². The number of aryl methyl sites for hydroxylation is 2. The van der Waals surface area contributed by atoms with Gasteiger partial charge < -0.3 is 14.1 Å². The lowest BCUT2D eigenvalue weighted by Crippen LogP contribution is -2.36. The highest BCUT2D eigenvalue weighted by Crippen LogP contribution is 2.39. The molecule has 5 rings (SSSR count). The van der Waals surface area contributed by atoms with Crippen LogP contribution in [0.1, 0.15) is 77.0 Å². The molecule has 0 unspecified atom stereocenters. The number of nitrogens with zero attached hydrogens (tertiary/aromatic N) is 1. The number of fused-ring (bicyclic) bond motifs is 2. The van der Waals surface area contributed by atoms with Crippen molar-refractivity contribution < 1.29 is 13.9 Å². The molecule has 2 aromatic carbocycles. The molecule has 0 spiro atoms. The molecule has 1 fully saturated rings. The highest BCUT2D eigenvalue weighted by molar-refractivity contribution is 5.99. The largest absolute Gasteiger partial charge is 0.450 e. The Morgan fingerprint density at radius 2 is 1.78 bits per heavy atom. The van der Waals surface area contributed by atoms with Gasteiger partial charge in [0.15, 0.2) is 5.43 Å². The molecular weight excluding hydrogens is 402 g/mol. The molecule has 32 heavy (non-hydrogen) atoms. The van der Waals surface area contributed by atoms with Crippen molar-refractivity contribution in [1.82, 2.24) is 4.90 Å². The maximum absolute atomic E-state index is 13.7. The van der Waals surface area contributed by atoms with Crippen LogP contribution in [0.25, 0.3) is 11.0 Å². The van der Waals surface area contributed by atoms with Gasteiger partial charge in [0.1, 0.15) is 5.58 Å². The summed E-state index contributed by atoms with van der Waals surface area (Å²) in [5, 5.41) is 0.530. The quantitative estimate of drug-likeness (QED) is 0.566. The van der Waals surface area contributed by atoms with Gasteiger partial charge in [-0.1, -0.05) is 38.1 Å². The molecule has 166 valence electrons. The fourth-order valence-corrected chi connectivity index (χ4v) is 4.88. The van der Waals surface area contributed by atoms with Gasteiger partial charge in [-0.25, -0.2) is 0 Å². The third-order valence-electron chi connectivity index (χ3n) is 6.93. The lowest BCUT2D eigenvalue weighted by molar-refractivity contribution is 0.0486. The van der Waals surface area contributed by atoms with E-state index in [-0.39, 0.29) is 23.2 Å². The maximum Gasteiger partial charge on any atom is 0.291 e. The summed E-state index contributed by atoms with van der Waals surface area (Å²) in [6, 6.07) is 11.5. The Morgan fingerprint density at radius 3 is 2.44 bits per heavy atom. The molecule has 2 atom stereocenters. The molecule has 0 saturated carbocycles. The third-order valence-corrected chi connectivity index (χ3v) is 6.93. The van der Waals surface area contributed by atoms with Gasteiger partial charge in [-0.2, -0.15) is 0 Å². The minimum atomic E-state index is -0.467. The van der Waals surface area contributed by atoms with Gasteiger partial charge in [0.25, 0.3) is 5.91 Å². The second-order valence-corrected chi connectivity index (χ2v) is 9.42. The van der Waals surface area contributed by atoms with E-state index in [1.807, 2.05) is 38.1 Å². The predicted molar refractivity (Wildman–Crippen MR) is 124 cm³/mol. The summed E-state index contributed by atoms with van der Waals surface area (Å²) < 4.78 is 11.9. The van der Waals surface area contributed by atoms with Crippen molar-refractivity contribution in [1.29, 1.82) is 0 Å². The first-order valence-corrected chi connectivity index (χ1v) is 11.5. The van der Waals surface area contributed by atoms with Crippen LogP contribution >= 0.6 is 0 Å². The van der Waals surface area contributed by atoms with Gasteiger partial charge in [-0.05, 0) is 67.0 Å². The van der Waals surface area contributed by atoms with Crippen LogP contribution in [-0.4, -0.2) is 30.1 Å². The molecule has 0 N–H and O–H groups in total. The SMILES string of the molecule is Cc1cc2oc3c(c(=O)c2cc1C)[C@H](c1ccc(C(C)C)cc1)N(C[C@@H]1CCCO1)C3=O. The van der Waals surface area contributed by atoms with Crippen molar-refractivity contribution in [2.24, 2.45) is 0 Å².